The second kappa shape index (κ2) is 5.62. The van der Waals surface area contributed by atoms with Crippen LogP contribution < -0.4 is 5.32 Å². The molecule has 1 aromatic carbocycles. The number of carbonyl (C=O) groups excluding carboxylic acids is 2. The highest BCUT2D eigenvalue weighted by Crippen LogP contribution is 2.23. The minimum absolute atomic E-state index is 0.00829. The minimum atomic E-state index is -0.0793. The largest absolute Gasteiger partial charge is 0.349 e. The van der Waals surface area contributed by atoms with Crippen molar-refractivity contribution in [1.29, 1.82) is 0 Å². The number of hydrogen-bond acceptors (Lipinski definition) is 2. The van der Waals surface area contributed by atoms with E-state index in [0.29, 0.717) is 5.56 Å². The van der Waals surface area contributed by atoms with Crippen LogP contribution in [0.15, 0.2) is 30.3 Å². The molecule has 1 aliphatic carbocycles. The summed E-state index contributed by atoms with van der Waals surface area (Å²) in [6, 6.07) is 9.14. The Kier molecular flexibility index (Phi) is 3.91. The zero-order valence-electron chi connectivity index (χ0n) is 9.76. The summed E-state index contributed by atoms with van der Waals surface area (Å²) in [6.45, 7) is 0. The monoisotopic (exact) mass is 231 g/mol. The van der Waals surface area contributed by atoms with Gasteiger partial charge in [0.05, 0.1) is 0 Å². The molecule has 2 rings (SSSR count). The number of rotatable bonds is 3. The first-order valence-electron chi connectivity index (χ1n) is 6.12. The zero-order valence-corrected chi connectivity index (χ0v) is 9.76. The average Bonchev–Trinajstić information content (AvgIpc) is 2.40. The molecule has 0 aromatic heterocycles. The molecule has 2 unspecified atom stereocenters. The molecule has 1 amide bonds. The number of amides is 1. The number of carbonyl (C=O) groups is 2. The topological polar surface area (TPSA) is 46.2 Å². The fraction of sp³-hybridized carbons (Fsp3) is 0.429. The number of hydrogen-bond donors (Lipinski definition) is 1. The van der Waals surface area contributed by atoms with E-state index in [2.05, 4.69) is 5.32 Å². The lowest BCUT2D eigenvalue weighted by molar-refractivity contribution is -0.112. The van der Waals surface area contributed by atoms with Crippen molar-refractivity contribution in [3.05, 3.63) is 35.9 Å². The third-order valence-electron chi connectivity index (χ3n) is 3.35. The third-order valence-corrected chi connectivity index (χ3v) is 3.35. The summed E-state index contributed by atoms with van der Waals surface area (Å²) in [5, 5.41) is 2.97. The van der Waals surface area contributed by atoms with Crippen LogP contribution in [-0.2, 0) is 4.79 Å². The van der Waals surface area contributed by atoms with E-state index < -0.39 is 0 Å². The van der Waals surface area contributed by atoms with E-state index in [1.165, 1.54) is 0 Å². The second-order valence-corrected chi connectivity index (χ2v) is 4.53. The van der Waals surface area contributed by atoms with Gasteiger partial charge in [-0.1, -0.05) is 31.0 Å². The summed E-state index contributed by atoms with van der Waals surface area (Å²) in [7, 11) is 0. The Balaban J connectivity index is 2.00. The quantitative estimate of drug-likeness (QED) is 0.810. The molecular weight excluding hydrogens is 214 g/mol. The highest BCUT2D eigenvalue weighted by Gasteiger charge is 2.26. The van der Waals surface area contributed by atoms with Crippen LogP contribution >= 0.6 is 0 Å². The number of nitrogens with one attached hydrogen (secondary N) is 1. The smallest absolute Gasteiger partial charge is 0.251 e. The summed E-state index contributed by atoms with van der Waals surface area (Å²) in [6.07, 6.45) is 4.95. The molecule has 0 heterocycles. The minimum Gasteiger partial charge on any atom is -0.349 e. The molecule has 0 saturated heterocycles. The molecule has 1 fully saturated rings. The maximum Gasteiger partial charge on any atom is 0.251 e. The van der Waals surface area contributed by atoms with Crippen LogP contribution in [0.3, 0.4) is 0 Å². The van der Waals surface area contributed by atoms with E-state index >= 15 is 0 Å². The van der Waals surface area contributed by atoms with Crippen LogP contribution in [-0.4, -0.2) is 18.2 Å². The van der Waals surface area contributed by atoms with Crippen molar-refractivity contribution in [2.24, 2.45) is 5.92 Å². The van der Waals surface area contributed by atoms with E-state index in [-0.39, 0.29) is 17.9 Å². The fourth-order valence-electron chi connectivity index (χ4n) is 2.34. The van der Waals surface area contributed by atoms with Gasteiger partial charge in [0.1, 0.15) is 6.29 Å². The SMILES string of the molecule is O=CC1CCCCC1NC(=O)c1ccccc1. The van der Waals surface area contributed by atoms with Gasteiger partial charge in [0, 0.05) is 17.5 Å². The Morgan fingerprint density at radius 1 is 1.18 bits per heavy atom. The van der Waals surface area contributed by atoms with Crippen molar-refractivity contribution >= 4 is 12.2 Å². The molecule has 0 spiro atoms. The Labute approximate surface area is 101 Å². The van der Waals surface area contributed by atoms with Gasteiger partial charge in [-0.05, 0) is 25.0 Å². The van der Waals surface area contributed by atoms with Gasteiger partial charge in [-0.25, -0.2) is 0 Å². The van der Waals surface area contributed by atoms with Gasteiger partial charge >= 0.3 is 0 Å². The van der Waals surface area contributed by atoms with Crippen LogP contribution in [0.25, 0.3) is 0 Å². The number of benzene rings is 1. The van der Waals surface area contributed by atoms with E-state index in [1.54, 1.807) is 12.1 Å². The van der Waals surface area contributed by atoms with Crippen LogP contribution in [0.2, 0.25) is 0 Å². The van der Waals surface area contributed by atoms with Gasteiger partial charge in [-0.3, -0.25) is 4.79 Å². The maximum absolute atomic E-state index is 11.9. The Morgan fingerprint density at radius 2 is 1.88 bits per heavy atom. The van der Waals surface area contributed by atoms with Gasteiger partial charge in [0.2, 0.25) is 0 Å². The van der Waals surface area contributed by atoms with Crippen LogP contribution in [0.4, 0.5) is 0 Å². The molecule has 0 aliphatic heterocycles. The lowest BCUT2D eigenvalue weighted by atomic mass is 9.85. The second-order valence-electron chi connectivity index (χ2n) is 4.53. The predicted molar refractivity (Wildman–Crippen MR) is 65.7 cm³/mol. The van der Waals surface area contributed by atoms with Gasteiger partial charge in [-0.15, -0.1) is 0 Å². The third kappa shape index (κ3) is 2.93. The van der Waals surface area contributed by atoms with Gasteiger partial charge in [0.25, 0.3) is 5.91 Å². The van der Waals surface area contributed by atoms with Crippen molar-refractivity contribution in [3.8, 4) is 0 Å². The fourth-order valence-corrected chi connectivity index (χ4v) is 2.34. The molecule has 3 heteroatoms. The first-order chi connectivity index (χ1) is 8.31. The van der Waals surface area contributed by atoms with E-state index in [4.69, 9.17) is 0 Å². The normalized spacial score (nSPS) is 24.0. The lowest BCUT2D eigenvalue weighted by Gasteiger charge is -2.28. The standard InChI is InChI=1S/C14H17NO2/c16-10-12-8-4-5-9-13(12)15-14(17)11-6-2-1-3-7-11/h1-3,6-7,10,12-13H,4-5,8-9H2,(H,15,17). The molecule has 1 saturated carbocycles. The Bertz CT molecular complexity index is 388. The lowest BCUT2D eigenvalue weighted by Crippen LogP contribution is -2.42. The summed E-state index contributed by atoms with van der Waals surface area (Å²) in [5.74, 6) is -0.0965. The molecule has 2 atom stereocenters. The maximum atomic E-state index is 11.9. The molecule has 1 N–H and O–H groups in total. The molecule has 90 valence electrons. The van der Waals surface area contributed by atoms with Crippen molar-refractivity contribution in [1.82, 2.24) is 5.32 Å². The Hall–Kier alpha value is -1.64. The summed E-state index contributed by atoms with van der Waals surface area (Å²) < 4.78 is 0. The molecule has 0 radical (unpaired) electrons. The molecule has 0 bridgehead atoms. The molecule has 17 heavy (non-hydrogen) atoms. The van der Waals surface area contributed by atoms with Crippen LogP contribution in [0.1, 0.15) is 36.0 Å². The van der Waals surface area contributed by atoms with Gasteiger partial charge < -0.3 is 10.1 Å². The number of aldehydes is 1. The highest BCUT2D eigenvalue weighted by molar-refractivity contribution is 5.94. The summed E-state index contributed by atoms with van der Waals surface area (Å²) in [4.78, 5) is 22.9. The Morgan fingerprint density at radius 3 is 2.59 bits per heavy atom. The van der Waals surface area contributed by atoms with Crippen molar-refractivity contribution in [2.45, 2.75) is 31.7 Å². The molecule has 1 aliphatic rings. The summed E-state index contributed by atoms with van der Waals surface area (Å²) in [5.41, 5.74) is 0.655. The predicted octanol–water partition coefficient (Wildman–Crippen LogP) is 2.17. The summed E-state index contributed by atoms with van der Waals surface area (Å²) >= 11 is 0. The molecule has 1 aromatic rings. The van der Waals surface area contributed by atoms with Crippen molar-refractivity contribution < 1.29 is 9.59 Å². The average molecular weight is 231 g/mol. The van der Waals surface area contributed by atoms with Gasteiger partial charge in [0.15, 0.2) is 0 Å². The van der Waals surface area contributed by atoms with E-state index in [0.717, 1.165) is 32.0 Å². The van der Waals surface area contributed by atoms with E-state index in [1.807, 2.05) is 18.2 Å². The van der Waals surface area contributed by atoms with Crippen LogP contribution in [0.5, 0.6) is 0 Å². The van der Waals surface area contributed by atoms with Crippen molar-refractivity contribution in [2.75, 3.05) is 0 Å². The van der Waals surface area contributed by atoms with Crippen LogP contribution in [0, 0.1) is 5.92 Å². The molecule has 3 nitrogen and oxygen atoms in total. The molecular formula is C14H17NO2. The zero-order chi connectivity index (χ0) is 12.1. The van der Waals surface area contributed by atoms with Gasteiger partial charge in [-0.2, -0.15) is 0 Å². The highest BCUT2D eigenvalue weighted by atomic mass is 16.1. The first kappa shape index (κ1) is 11.8. The first-order valence-corrected chi connectivity index (χ1v) is 6.12. The van der Waals surface area contributed by atoms with E-state index in [9.17, 15) is 9.59 Å². The van der Waals surface area contributed by atoms with Crippen molar-refractivity contribution in [3.63, 3.8) is 0 Å².